The van der Waals surface area contributed by atoms with Crippen LogP contribution in [-0.2, 0) is 12.4 Å². The number of hydrogen-bond acceptors (Lipinski definition) is 1. The van der Waals surface area contributed by atoms with Crippen molar-refractivity contribution in [3.63, 3.8) is 0 Å². The van der Waals surface area contributed by atoms with Crippen molar-refractivity contribution in [2.45, 2.75) is 33.2 Å². The molecule has 1 heterocycles. The fourth-order valence-corrected chi connectivity index (χ4v) is 2.16. The highest BCUT2D eigenvalue weighted by Crippen LogP contribution is 2.22. The zero-order valence-electron chi connectivity index (χ0n) is 11.0. The fourth-order valence-electron chi connectivity index (χ4n) is 1.96. The van der Waals surface area contributed by atoms with Crippen molar-refractivity contribution in [2.75, 3.05) is 0 Å². The number of hydrogen-bond donors (Lipinski definition) is 0. The zero-order valence-corrected chi connectivity index (χ0v) is 11.7. The standard InChI is InChI=1S/C14H18ClFN2/c1-9(2)10(3)8-18-13-5-4-11(16)6-12(13)17-14(18)7-15/h4-6,9-10H,7-8H2,1-3H3. The van der Waals surface area contributed by atoms with Crippen LogP contribution in [0.2, 0.25) is 0 Å². The lowest BCUT2D eigenvalue weighted by Gasteiger charge is -2.18. The van der Waals surface area contributed by atoms with Gasteiger partial charge in [0.15, 0.2) is 0 Å². The number of fused-ring (bicyclic) bond motifs is 1. The Kier molecular flexibility index (Phi) is 3.91. The largest absolute Gasteiger partial charge is 0.327 e. The van der Waals surface area contributed by atoms with Gasteiger partial charge < -0.3 is 4.57 Å². The van der Waals surface area contributed by atoms with Crippen LogP contribution in [0.25, 0.3) is 11.0 Å². The van der Waals surface area contributed by atoms with Crippen molar-refractivity contribution in [3.8, 4) is 0 Å². The van der Waals surface area contributed by atoms with Crippen LogP contribution in [0.3, 0.4) is 0 Å². The molecule has 0 radical (unpaired) electrons. The van der Waals surface area contributed by atoms with Crippen LogP contribution in [0, 0.1) is 17.7 Å². The molecular weight excluding hydrogens is 251 g/mol. The molecule has 98 valence electrons. The minimum absolute atomic E-state index is 0.259. The number of alkyl halides is 1. The van der Waals surface area contributed by atoms with Crippen LogP contribution in [0.5, 0.6) is 0 Å². The van der Waals surface area contributed by atoms with Gasteiger partial charge in [-0.25, -0.2) is 9.37 Å². The van der Waals surface area contributed by atoms with Crippen molar-refractivity contribution < 1.29 is 4.39 Å². The van der Waals surface area contributed by atoms with Crippen LogP contribution >= 0.6 is 11.6 Å². The van der Waals surface area contributed by atoms with Crippen molar-refractivity contribution >= 4 is 22.6 Å². The van der Waals surface area contributed by atoms with Gasteiger partial charge in [-0.1, -0.05) is 20.8 Å². The van der Waals surface area contributed by atoms with Crippen LogP contribution in [0.15, 0.2) is 18.2 Å². The van der Waals surface area contributed by atoms with E-state index < -0.39 is 0 Å². The molecule has 1 unspecified atom stereocenters. The Labute approximate surface area is 112 Å². The summed E-state index contributed by atoms with van der Waals surface area (Å²) in [5, 5.41) is 0. The maximum absolute atomic E-state index is 13.2. The third-order valence-corrected chi connectivity index (χ3v) is 3.76. The number of imidazole rings is 1. The zero-order chi connectivity index (χ0) is 13.3. The van der Waals surface area contributed by atoms with Gasteiger partial charge in [0.1, 0.15) is 11.6 Å². The average molecular weight is 269 g/mol. The molecule has 2 nitrogen and oxygen atoms in total. The minimum atomic E-state index is -0.259. The maximum Gasteiger partial charge on any atom is 0.125 e. The number of benzene rings is 1. The van der Waals surface area contributed by atoms with E-state index in [-0.39, 0.29) is 5.82 Å². The maximum atomic E-state index is 13.2. The van der Waals surface area contributed by atoms with E-state index in [1.807, 2.05) is 0 Å². The second-order valence-corrected chi connectivity index (χ2v) is 5.39. The first-order valence-electron chi connectivity index (χ1n) is 6.23. The summed E-state index contributed by atoms with van der Waals surface area (Å²) < 4.78 is 15.3. The third-order valence-electron chi connectivity index (χ3n) is 3.52. The van der Waals surface area contributed by atoms with Crippen LogP contribution in [-0.4, -0.2) is 9.55 Å². The topological polar surface area (TPSA) is 17.8 Å². The molecule has 0 bridgehead atoms. The Morgan fingerprint density at radius 2 is 2.06 bits per heavy atom. The first-order chi connectivity index (χ1) is 8.52. The van der Waals surface area contributed by atoms with E-state index in [4.69, 9.17) is 11.6 Å². The second kappa shape index (κ2) is 5.27. The fraction of sp³-hybridized carbons (Fsp3) is 0.500. The summed E-state index contributed by atoms with van der Waals surface area (Å²) >= 11 is 5.93. The Balaban J connectivity index is 2.47. The lowest BCUT2D eigenvalue weighted by atomic mass is 9.98. The lowest BCUT2D eigenvalue weighted by Crippen LogP contribution is -2.14. The molecule has 0 aliphatic heterocycles. The normalized spacial score (nSPS) is 13.4. The van der Waals surface area contributed by atoms with Gasteiger partial charge in [-0.3, -0.25) is 0 Å². The number of nitrogens with zero attached hydrogens (tertiary/aromatic N) is 2. The summed E-state index contributed by atoms with van der Waals surface area (Å²) in [4.78, 5) is 4.40. The summed E-state index contributed by atoms with van der Waals surface area (Å²) in [5.74, 6) is 2.01. The monoisotopic (exact) mass is 268 g/mol. The molecule has 0 amide bonds. The van der Waals surface area contributed by atoms with E-state index in [2.05, 4.69) is 30.3 Å². The van der Waals surface area contributed by atoms with Crippen LogP contribution in [0.4, 0.5) is 4.39 Å². The quantitative estimate of drug-likeness (QED) is 0.760. The molecule has 2 rings (SSSR count). The van der Waals surface area contributed by atoms with E-state index in [1.165, 1.54) is 12.1 Å². The first kappa shape index (κ1) is 13.3. The molecule has 2 aromatic rings. The smallest absolute Gasteiger partial charge is 0.125 e. The second-order valence-electron chi connectivity index (χ2n) is 5.13. The van der Waals surface area contributed by atoms with E-state index >= 15 is 0 Å². The third kappa shape index (κ3) is 2.51. The molecule has 1 atom stereocenters. The molecule has 0 spiro atoms. The molecule has 0 aliphatic rings. The SMILES string of the molecule is CC(C)C(C)Cn1c(CCl)nc2cc(F)ccc21. The molecular formula is C14H18ClFN2. The van der Waals surface area contributed by atoms with Crippen LogP contribution in [0.1, 0.15) is 26.6 Å². The summed E-state index contributed by atoms with van der Waals surface area (Å²) in [6, 6.07) is 4.71. The molecule has 0 saturated heterocycles. The summed E-state index contributed by atoms with van der Waals surface area (Å²) in [5.41, 5.74) is 1.64. The molecule has 4 heteroatoms. The van der Waals surface area contributed by atoms with E-state index in [1.54, 1.807) is 6.07 Å². The van der Waals surface area contributed by atoms with Gasteiger partial charge in [-0.15, -0.1) is 11.6 Å². The highest BCUT2D eigenvalue weighted by molar-refractivity contribution is 6.16. The average Bonchev–Trinajstić information content (AvgIpc) is 2.66. The van der Waals surface area contributed by atoms with Crippen molar-refractivity contribution in [3.05, 3.63) is 29.8 Å². The Morgan fingerprint density at radius 1 is 1.33 bits per heavy atom. The van der Waals surface area contributed by atoms with Gasteiger partial charge in [0.25, 0.3) is 0 Å². The van der Waals surface area contributed by atoms with Gasteiger partial charge in [0.05, 0.1) is 16.9 Å². The predicted octanol–water partition coefficient (Wildman–Crippen LogP) is 4.21. The molecule has 0 aliphatic carbocycles. The minimum Gasteiger partial charge on any atom is -0.327 e. The van der Waals surface area contributed by atoms with E-state index in [0.29, 0.717) is 23.2 Å². The van der Waals surface area contributed by atoms with E-state index in [0.717, 1.165) is 17.9 Å². The van der Waals surface area contributed by atoms with Gasteiger partial charge >= 0.3 is 0 Å². The number of rotatable bonds is 4. The van der Waals surface area contributed by atoms with Gasteiger partial charge in [-0.05, 0) is 24.0 Å². The number of aromatic nitrogens is 2. The highest BCUT2D eigenvalue weighted by Gasteiger charge is 2.15. The molecule has 1 aromatic carbocycles. The Morgan fingerprint density at radius 3 is 2.67 bits per heavy atom. The number of halogens is 2. The molecule has 1 aromatic heterocycles. The molecule has 0 N–H and O–H groups in total. The Bertz CT molecular complexity index is 548. The molecule has 0 saturated carbocycles. The van der Waals surface area contributed by atoms with Gasteiger partial charge in [0, 0.05) is 12.6 Å². The van der Waals surface area contributed by atoms with Gasteiger partial charge in [-0.2, -0.15) is 0 Å². The summed E-state index contributed by atoms with van der Waals surface area (Å²) in [6.45, 7) is 7.47. The van der Waals surface area contributed by atoms with Crippen molar-refractivity contribution in [2.24, 2.45) is 11.8 Å². The molecule has 0 fully saturated rings. The Hall–Kier alpha value is -1.09. The molecule has 18 heavy (non-hydrogen) atoms. The van der Waals surface area contributed by atoms with Gasteiger partial charge in [0.2, 0.25) is 0 Å². The highest BCUT2D eigenvalue weighted by atomic mass is 35.5. The summed E-state index contributed by atoms with van der Waals surface area (Å²) in [7, 11) is 0. The van der Waals surface area contributed by atoms with E-state index in [9.17, 15) is 4.39 Å². The lowest BCUT2D eigenvalue weighted by molar-refractivity contribution is 0.365. The van der Waals surface area contributed by atoms with Crippen molar-refractivity contribution in [1.29, 1.82) is 0 Å². The van der Waals surface area contributed by atoms with Crippen LogP contribution < -0.4 is 0 Å². The predicted molar refractivity (Wildman–Crippen MR) is 73.3 cm³/mol. The van der Waals surface area contributed by atoms with Crippen molar-refractivity contribution in [1.82, 2.24) is 9.55 Å². The summed E-state index contributed by atoms with van der Waals surface area (Å²) in [6.07, 6.45) is 0. The first-order valence-corrected chi connectivity index (χ1v) is 6.77.